The van der Waals surface area contributed by atoms with Crippen LogP contribution in [0.5, 0.6) is 0 Å². The SMILES string of the molecule is CC1CN(Cc2csc(NC(=O)c3ccc(=O)n(-c4ccc(F)cc4)n3)n2)CC(C)O1. The zero-order valence-electron chi connectivity index (χ0n) is 17.1. The van der Waals surface area contributed by atoms with Crippen molar-refractivity contribution < 1.29 is 13.9 Å². The Hall–Kier alpha value is -2.95. The molecule has 1 saturated heterocycles. The number of amides is 1. The maximum absolute atomic E-state index is 13.2. The van der Waals surface area contributed by atoms with Gasteiger partial charge in [0.2, 0.25) is 0 Å². The van der Waals surface area contributed by atoms with Gasteiger partial charge in [-0.2, -0.15) is 9.78 Å². The number of hydrogen-bond donors (Lipinski definition) is 1. The standard InChI is InChI=1S/C21H22FN5O3S/c1-13-9-26(10-14(2)30-13)11-16-12-31-21(23-16)24-20(29)18-7-8-19(28)27(25-18)17-5-3-15(22)4-6-17/h3-8,12-14H,9-11H2,1-2H3,(H,23,24,29). The Balaban J connectivity index is 1.45. The Kier molecular flexibility index (Phi) is 6.21. The summed E-state index contributed by atoms with van der Waals surface area (Å²) in [5.74, 6) is -0.906. The highest BCUT2D eigenvalue weighted by atomic mass is 32.1. The molecular formula is C21H22FN5O3S. The van der Waals surface area contributed by atoms with E-state index >= 15 is 0 Å². The van der Waals surface area contributed by atoms with Gasteiger partial charge in [0.15, 0.2) is 5.13 Å². The predicted octanol–water partition coefficient (Wildman–Crippen LogP) is 2.69. The van der Waals surface area contributed by atoms with Crippen molar-refractivity contribution in [2.24, 2.45) is 0 Å². The number of rotatable bonds is 5. The van der Waals surface area contributed by atoms with Gasteiger partial charge < -0.3 is 4.74 Å². The Bertz CT molecular complexity index is 1120. The van der Waals surface area contributed by atoms with E-state index in [1.54, 1.807) is 0 Å². The van der Waals surface area contributed by atoms with E-state index < -0.39 is 17.3 Å². The molecule has 1 aliphatic rings. The first-order valence-corrected chi connectivity index (χ1v) is 10.8. The second-order valence-corrected chi connectivity index (χ2v) is 8.35. The first-order chi connectivity index (χ1) is 14.9. The minimum absolute atomic E-state index is 0.0523. The molecule has 8 nitrogen and oxygen atoms in total. The maximum Gasteiger partial charge on any atom is 0.277 e. The van der Waals surface area contributed by atoms with Gasteiger partial charge in [-0.15, -0.1) is 11.3 Å². The van der Waals surface area contributed by atoms with Crippen molar-refractivity contribution in [3.05, 3.63) is 69.3 Å². The lowest BCUT2D eigenvalue weighted by Gasteiger charge is -2.34. The Morgan fingerprint density at radius 3 is 2.61 bits per heavy atom. The van der Waals surface area contributed by atoms with E-state index in [0.29, 0.717) is 17.4 Å². The van der Waals surface area contributed by atoms with Crippen LogP contribution in [0.3, 0.4) is 0 Å². The number of carbonyl (C=O) groups excluding carboxylic acids is 1. The number of ether oxygens (including phenoxy) is 1. The monoisotopic (exact) mass is 443 g/mol. The fourth-order valence-corrected chi connectivity index (χ4v) is 4.24. The zero-order valence-corrected chi connectivity index (χ0v) is 17.9. The minimum atomic E-state index is -0.481. The molecule has 2 aromatic heterocycles. The van der Waals surface area contributed by atoms with E-state index in [-0.39, 0.29) is 17.9 Å². The van der Waals surface area contributed by atoms with Gasteiger partial charge >= 0.3 is 0 Å². The normalized spacial score (nSPS) is 19.3. The summed E-state index contributed by atoms with van der Waals surface area (Å²) in [5, 5.41) is 9.20. The van der Waals surface area contributed by atoms with Crippen LogP contribution >= 0.6 is 11.3 Å². The summed E-state index contributed by atoms with van der Waals surface area (Å²) in [5.41, 5.74) is 0.863. The van der Waals surface area contributed by atoms with Crippen molar-refractivity contribution in [2.75, 3.05) is 18.4 Å². The van der Waals surface area contributed by atoms with E-state index in [2.05, 4.69) is 20.3 Å². The van der Waals surface area contributed by atoms with Gasteiger partial charge in [0.25, 0.3) is 11.5 Å². The van der Waals surface area contributed by atoms with Gasteiger partial charge in [0.1, 0.15) is 11.5 Å². The zero-order chi connectivity index (χ0) is 22.0. The highest BCUT2D eigenvalue weighted by Crippen LogP contribution is 2.19. The second-order valence-electron chi connectivity index (χ2n) is 7.49. The number of thiazole rings is 1. The van der Waals surface area contributed by atoms with Crippen LogP contribution in [-0.4, -0.2) is 50.9 Å². The number of aromatic nitrogens is 3. The van der Waals surface area contributed by atoms with Gasteiger partial charge in [0, 0.05) is 31.1 Å². The molecular weight excluding hydrogens is 421 g/mol. The van der Waals surface area contributed by atoms with Crippen molar-refractivity contribution in [3.8, 4) is 5.69 Å². The number of hydrogen-bond acceptors (Lipinski definition) is 7. The first kappa shape index (κ1) is 21.3. The topological polar surface area (TPSA) is 89.4 Å². The van der Waals surface area contributed by atoms with Crippen LogP contribution < -0.4 is 10.9 Å². The van der Waals surface area contributed by atoms with Crippen LogP contribution in [0.15, 0.2) is 46.6 Å². The predicted molar refractivity (Wildman–Crippen MR) is 115 cm³/mol. The van der Waals surface area contributed by atoms with Crippen molar-refractivity contribution in [1.29, 1.82) is 0 Å². The van der Waals surface area contributed by atoms with Crippen LogP contribution in [-0.2, 0) is 11.3 Å². The summed E-state index contributed by atoms with van der Waals surface area (Å²) in [6, 6.07) is 7.90. The van der Waals surface area contributed by atoms with Crippen molar-refractivity contribution in [2.45, 2.75) is 32.6 Å². The third-order valence-corrected chi connectivity index (χ3v) is 5.56. The fourth-order valence-electron chi connectivity index (χ4n) is 3.54. The molecule has 4 rings (SSSR count). The Labute approximate surface area is 182 Å². The van der Waals surface area contributed by atoms with E-state index in [0.717, 1.165) is 23.5 Å². The molecule has 31 heavy (non-hydrogen) atoms. The molecule has 1 N–H and O–H groups in total. The maximum atomic E-state index is 13.2. The fraction of sp³-hybridized carbons (Fsp3) is 0.333. The van der Waals surface area contributed by atoms with Gasteiger partial charge in [-0.1, -0.05) is 0 Å². The number of anilines is 1. The molecule has 1 aromatic carbocycles. The number of nitrogens with one attached hydrogen (secondary N) is 1. The molecule has 1 amide bonds. The molecule has 1 aliphatic heterocycles. The van der Waals surface area contributed by atoms with Crippen molar-refractivity contribution >= 4 is 22.4 Å². The number of halogens is 1. The third-order valence-electron chi connectivity index (χ3n) is 4.76. The van der Waals surface area contributed by atoms with Crippen LogP contribution in [0.4, 0.5) is 9.52 Å². The van der Waals surface area contributed by atoms with Crippen LogP contribution in [0.2, 0.25) is 0 Å². The number of nitrogens with zero attached hydrogens (tertiary/aromatic N) is 4. The lowest BCUT2D eigenvalue weighted by molar-refractivity contribution is -0.0707. The van der Waals surface area contributed by atoms with Gasteiger partial charge in [-0.25, -0.2) is 9.37 Å². The molecule has 162 valence electrons. The molecule has 0 radical (unpaired) electrons. The molecule has 2 atom stereocenters. The molecule has 3 aromatic rings. The molecule has 0 spiro atoms. The summed E-state index contributed by atoms with van der Waals surface area (Å²) in [4.78, 5) is 31.5. The van der Waals surface area contributed by atoms with E-state index in [4.69, 9.17) is 4.74 Å². The summed E-state index contributed by atoms with van der Waals surface area (Å²) in [6.07, 6.45) is 0.342. The second kappa shape index (κ2) is 9.04. The number of morpholine rings is 1. The Morgan fingerprint density at radius 1 is 1.19 bits per heavy atom. The third kappa shape index (κ3) is 5.22. The summed E-state index contributed by atoms with van der Waals surface area (Å²) in [7, 11) is 0. The lowest BCUT2D eigenvalue weighted by atomic mass is 10.2. The summed E-state index contributed by atoms with van der Waals surface area (Å²) in [6.45, 7) is 6.44. The van der Waals surface area contributed by atoms with Gasteiger partial charge in [-0.3, -0.25) is 19.8 Å². The molecule has 10 heteroatoms. The smallest absolute Gasteiger partial charge is 0.277 e. The first-order valence-electron chi connectivity index (χ1n) is 9.87. The van der Waals surface area contributed by atoms with E-state index in [1.807, 2.05) is 19.2 Å². The lowest BCUT2D eigenvalue weighted by Crippen LogP contribution is -2.44. The van der Waals surface area contributed by atoms with Crippen LogP contribution in [0, 0.1) is 5.82 Å². The van der Waals surface area contributed by atoms with Gasteiger partial charge in [-0.05, 0) is 44.2 Å². The van der Waals surface area contributed by atoms with Crippen LogP contribution in [0.1, 0.15) is 30.0 Å². The Morgan fingerprint density at radius 2 is 1.90 bits per heavy atom. The molecule has 2 unspecified atom stereocenters. The quantitative estimate of drug-likeness (QED) is 0.652. The molecule has 1 fully saturated rings. The minimum Gasteiger partial charge on any atom is -0.373 e. The molecule has 3 heterocycles. The number of carbonyl (C=O) groups is 1. The summed E-state index contributed by atoms with van der Waals surface area (Å²) >= 11 is 1.33. The van der Waals surface area contributed by atoms with E-state index in [9.17, 15) is 14.0 Å². The molecule has 0 bridgehead atoms. The van der Waals surface area contributed by atoms with Crippen molar-refractivity contribution in [1.82, 2.24) is 19.7 Å². The van der Waals surface area contributed by atoms with Crippen molar-refractivity contribution in [3.63, 3.8) is 0 Å². The summed E-state index contributed by atoms with van der Waals surface area (Å²) < 4.78 is 20.0. The average molecular weight is 444 g/mol. The largest absolute Gasteiger partial charge is 0.373 e. The molecule has 0 saturated carbocycles. The van der Waals surface area contributed by atoms with Crippen LogP contribution in [0.25, 0.3) is 5.69 Å². The molecule has 0 aliphatic carbocycles. The van der Waals surface area contributed by atoms with E-state index in [1.165, 1.54) is 47.7 Å². The number of benzene rings is 1. The highest BCUT2D eigenvalue weighted by Gasteiger charge is 2.23. The average Bonchev–Trinajstić information content (AvgIpc) is 3.15. The highest BCUT2D eigenvalue weighted by molar-refractivity contribution is 7.13. The van der Waals surface area contributed by atoms with Gasteiger partial charge in [0.05, 0.1) is 23.6 Å².